The van der Waals surface area contributed by atoms with Crippen LogP contribution in [0.4, 0.5) is 0 Å². The second-order valence-electron chi connectivity index (χ2n) is 0. The summed E-state index contributed by atoms with van der Waals surface area (Å²) in [4.78, 5) is 0. The first-order chi connectivity index (χ1) is 0. The van der Waals surface area contributed by atoms with Crippen LogP contribution in [0, 0.1) is 0 Å². The second kappa shape index (κ2) is 16.2. The molecule has 0 rings (SSSR count). The molecule has 0 unspecified atom stereocenters. The fourth-order valence-corrected chi connectivity index (χ4v) is 0. The van der Waals surface area contributed by atoms with Gasteiger partial charge in [0.2, 0.25) is 0 Å². The zero-order chi connectivity index (χ0) is 0. The van der Waals surface area contributed by atoms with Crippen LogP contribution in [0.5, 0.6) is 0 Å². The molecule has 0 saturated carbocycles. The number of hydrogen-bond donors (Lipinski definition) is 0. The van der Waals surface area contributed by atoms with Crippen molar-refractivity contribution in [3.8, 4) is 0 Å². The van der Waals surface area contributed by atoms with Gasteiger partial charge >= 0.3 is 83.8 Å². The van der Waals surface area contributed by atoms with Crippen molar-refractivity contribution < 1.29 is 8.56 Å². The SMILES string of the molecule is [AlH3].[Ca+2].[H-].[H-].[H-].[H-].[H-].[H-].[Mg+2].[Mg+2]. The van der Waals surface area contributed by atoms with Gasteiger partial charge in [-0.25, -0.2) is 0 Å². The molecule has 4 heavy (non-hydrogen) atoms. The summed E-state index contributed by atoms with van der Waals surface area (Å²) in [5, 5.41) is 0. The van der Waals surface area contributed by atoms with Crippen LogP contribution in [0.1, 0.15) is 8.56 Å². The Balaban J connectivity index is 0. The third-order valence-corrected chi connectivity index (χ3v) is 0. The maximum Gasteiger partial charge on any atom is 2.00 e. The molecule has 0 fully saturated rings. The summed E-state index contributed by atoms with van der Waals surface area (Å²) in [6.07, 6.45) is 0. The summed E-state index contributed by atoms with van der Waals surface area (Å²) in [7, 11) is 0. The summed E-state index contributed by atoms with van der Waals surface area (Å²) in [6, 6.07) is 0. The first kappa shape index (κ1) is 26.5. The normalized spacial score (nSPS) is 0. The van der Waals surface area contributed by atoms with Gasteiger partial charge in [-0.15, -0.1) is 0 Å². The maximum absolute atomic E-state index is 0. The third-order valence-electron chi connectivity index (χ3n) is 0. The molecule has 0 heterocycles. The predicted octanol–water partition coefficient (Wildman–Crippen LogP) is -1.65. The van der Waals surface area contributed by atoms with Crippen LogP contribution in [0.3, 0.4) is 0 Å². The van der Waals surface area contributed by atoms with Crippen molar-refractivity contribution in [2.45, 2.75) is 0 Å². The van der Waals surface area contributed by atoms with Crippen molar-refractivity contribution >= 4 is 101 Å². The van der Waals surface area contributed by atoms with E-state index in [9.17, 15) is 0 Å². The molecule has 0 bridgehead atoms. The van der Waals surface area contributed by atoms with Gasteiger partial charge in [-0.1, -0.05) is 0 Å². The molecule has 0 spiro atoms. The van der Waals surface area contributed by atoms with Crippen molar-refractivity contribution in [2.75, 3.05) is 0 Å². The minimum absolute atomic E-state index is 0. The molecule has 4 heteroatoms. The topological polar surface area (TPSA) is 0 Å². The average Bonchev–Trinajstić information content (AvgIpc) is 0. The summed E-state index contributed by atoms with van der Waals surface area (Å²) in [5.41, 5.74) is 0. The Labute approximate surface area is 108 Å². The summed E-state index contributed by atoms with van der Waals surface area (Å²) >= 11 is 0. The zero-order valence-corrected chi connectivity index (χ0v) is 7.16. The molecule has 0 saturated heterocycles. The van der Waals surface area contributed by atoms with Gasteiger partial charge in [0.1, 0.15) is 0 Å². The smallest absolute Gasteiger partial charge is 1.00 e. The Bertz CT molecular complexity index is 15.7. The van der Waals surface area contributed by atoms with Gasteiger partial charge in [-0.3, -0.25) is 0 Å². The summed E-state index contributed by atoms with van der Waals surface area (Å²) in [5.74, 6) is 0. The van der Waals surface area contributed by atoms with Crippen molar-refractivity contribution in [3.63, 3.8) is 0 Å². The van der Waals surface area contributed by atoms with Gasteiger partial charge in [0, 0.05) is 0 Å². The molecule has 0 aromatic rings. The first-order valence-corrected chi connectivity index (χ1v) is 0. The number of hydrogen-bond acceptors (Lipinski definition) is 0. The Kier molecular flexibility index (Phi) is 108. The molecule has 0 aliphatic rings. The Hall–Kier alpha value is 3.32. The molecular formula is H9AlCaMg2. The standard InChI is InChI=1S/Al.Ca.2Mg.9H/q;3*+2;;;;6*-1. The third kappa shape index (κ3) is 9.01. The van der Waals surface area contributed by atoms with E-state index in [4.69, 9.17) is 0 Å². The van der Waals surface area contributed by atoms with Crippen molar-refractivity contribution in [3.05, 3.63) is 0 Å². The molecular weight excluding hydrogens is 116 g/mol. The van der Waals surface area contributed by atoms with Crippen LogP contribution in [-0.2, 0) is 0 Å². The van der Waals surface area contributed by atoms with E-state index < -0.39 is 0 Å². The molecule has 0 aliphatic heterocycles. The fourth-order valence-electron chi connectivity index (χ4n) is 0. The monoisotopic (exact) mass is 124 g/mol. The quantitative estimate of drug-likeness (QED) is 0.340. The van der Waals surface area contributed by atoms with E-state index in [1.807, 2.05) is 0 Å². The second-order valence-corrected chi connectivity index (χ2v) is 0. The van der Waals surface area contributed by atoms with Gasteiger partial charge in [0.25, 0.3) is 0 Å². The van der Waals surface area contributed by atoms with E-state index in [2.05, 4.69) is 0 Å². The van der Waals surface area contributed by atoms with Crippen LogP contribution in [0.2, 0.25) is 0 Å². The van der Waals surface area contributed by atoms with E-state index in [0.717, 1.165) is 0 Å². The van der Waals surface area contributed by atoms with Crippen molar-refractivity contribution in [2.24, 2.45) is 0 Å². The molecule has 0 aliphatic carbocycles. The van der Waals surface area contributed by atoms with Crippen LogP contribution in [0.25, 0.3) is 0 Å². The number of rotatable bonds is 0. The van der Waals surface area contributed by atoms with Crippen LogP contribution in [-0.4, -0.2) is 101 Å². The van der Waals surface area contributed by atoms with Gasteiger partial charge in [-0.05, 0) is 0 Å². The minimum atomic E-state index is 0. The molecule has 0 N–H and O–H groups in total. The Morgan fingerprint density at radius 1 is 1.00 bits per heavy atom. The molecule has 0 aromatic carbocycles. The van der Waals surface area contributed by atoms with Crippen LogP contribution < -0.4 is 0 Å². The molecule has 0 atom stereocenters. The predicted molar refractivity (Wildman–Crippen MR) is 33.9 cm³/mol. The Morgan fingerprint density at radius 2 is 1.00 bits per heavy atom. The largest absolute Gasteiger partial charge is 2.00 e. The average molecular weight is 125 g/mol. The molecule has 0 radical (unpaired) electrons. The van der Waals surface area contributed by atoms with Crippen LogP contribution in [0.15, 0.2) is 0 Å². The summed E-state index contributed by atoms with van der Waals surface area (Å²) < 4.78 is 0. The zero-order valence-electron chi connectivity index (χ0n) is 8.12. The summed E-state index contributed by atoms with van der Waals surface area (Å²) in [6.45, 7) is 0. The molecule has 18 valence electrons. The van der Waals surface area contributed by atoms with Crippen LogP contribution >= 0.6 is 0 Å². The molecule has 0 amide bonds. The van der Waals surface area contributed by atoms with E-state index in [1.165, 1.54) is 0 Å². The van der Waals surface area contributed by atoms with E-state index in [1.54, 1.807) is 0 Å². The van der Waals surface area contributed by atoms with Crippen molar-refractivity contribution in [1.82, 2.24) is 0 Å². The van der Waals surface area contributed by atoms with Gasteiger partial charge < -0.3 is 8.56 Å². The van der Waals surface area contributed by atoms with E-state index >= 15 is 0 Å². The maximum atomic E-state index is 0. The van der Waals surface area contributed by atoms with Gasteiger partial charge in [0.05, 0.1) is 0 Å². The first-order valence-electron chi connectivity index (χ1n) is 0. The molecule has 0 nitrogen and oxygen atoms in total. The molecule has 0 aromatic heterocycles. The van der Waals surface area contributed by atoms with Gasteiger partial charge in [0.15, 0.2) is 17.4 Å². The van der Waals surface area contributed by atoms with Gasteiger partial charge in [-0.2, -0.15) is 0 Å². The van der Waals surface area contributed by atoms with Crippen molar-refractivity contribution in [1.29, 1.82) is 0 Å². The fraction of sp³-hybridized carbons (Fsp3) is 0. The van der Waals surface area contributed by atoms with E-state index in [0.29, 0.717) is 0 Å². The van der Waals surface area contributed by atoms with E-state index in [-0.39, 0.29) is 110 Å². The Morgan fingerprint density at radius 3 is 1.00 bits per heavy atom. The minimum Gasteiger partial charge on any atom is -1.00 e.